The van der Waals surface area contributed by atoms with E-state index in [1.807, 2.05) is 19.9 Å². The molecule has 0 spiro atoms. The lowest BCUT2D eigenvalue weighted by Crippen LogP contribution is -2.29. The predicted molar refractivity (Wildman–Crippen MR) is 101 cm³/mol. The molecule has 3 rings (SSSR count). The topological polar surface area (TPSA) is 142 Å². The first kappa shape index (κ1) is 18.9. The molecule has 2 aromatic heterocycles. The Morgan fingerprint density at radius 2 is 1.96 bits per heavy atom. The lowest BCUT2D eigenvalue weighted by Gasteiger charge is -2.10. The van der Waals surface area contributed by atoms with E-state index in [9.17, 15) is 13.2 Å². The molecule has 0 aliphatic heterocycles. The third-order valence-corrected chi connectivity index (χ3v) is 5.07. The Labute approximate surface area is 155 Å². The summed E-state index contributed by atoms with van der Waals surface area (Å²) in [6.07, 6.45) is 0. The largest absolute Gasteiger partial charge is 0.417 e. The molecule has 0 aliphatic rings. The van der Waals surface area contributed by atoms with Crippen LogP contribution < -0.4 is 21.1 Å². The van der Waals surface area contributed by atoms with Gasteiger partial charge in [-0.15, -0.1) is 0 Å². The van der Waals surface area contributed by atoms with Crippen molar-refractivity contribution in [2.45, 2.75) is 18.7 Å². The summed E-state index contributed by atoms with van der Waals surface area (Å²) < 4.78 is 32.1. The second-order valence-corrected chi connectivity index (χ2v) is 7.51. The number of sulfonamides is 1. The van der Waals surface area contributed by atoms with Crippen molar-refractivity contribution in [3.8, 4) is 0 Å². The van der Waals surface area contributed by atoms with Crippen molar-refractivity contribution >= 4 is 32.9 Å². The molecule has 2 heterocycles. The molecule has 3 aromatic rings. The Morgan fingerprint density at radius 1 is 1.15 bits per heavy atom. The number of hydrogen-bond acceptors (Lipinski definition) is 8. The maximum atomic E-state index is 12.4. The van der Waals surface area contributed by atoms with Gasteiger partial charge in [0.1, 0.15) is 5.82 Å². The molecular weight excluding hydrogens is 372 g/mol. The Balaban J connectivity index is 1.61. The highest BCUT2D eigenvalue weighted by atomic mass is 32.2. The van der Waals surface area contributed by atoms with Crippen molar-refractivity contribution in [1.82, 2.24) is 19.7 Å². The van der Waals surface area contributed by atoms with E-state index < -0.39 is 15.8 Å². The highest BCUT2D eigenvalue weighted by molar-refractivity contribution is 7.89. The summed E-state index contributed by atoms with van der Waals surface area (Å²) in [7, 11) is -3.73. The van der Waals surface area contributed by atoms with Crippen LogP contribution in [0.3, 0.4) is 0 Å². The van der Waals surface area contributed by atoms with E-state index in [2.05, 4.69) is 30.3 Å². The van der Waals surface area contributed by atoms with Crippen LogP contribution in [0, 0.1) is 6.92 Å². The summed E-state index contributed by atoms with van der Waals surface area (Å²) in [5.74, 6) is 0.491. The summed E-state index contributed by atoms with van der Waals surface area (Å²) in [6, 6.07) is 5.99. The molecule has 0 amide bonds. The number of nitrogens with zero attached hydrogens (tertiary/aromatic N) is 2. The number of hydrogen-bond donors (Lipinski definition) is 4. The van der Waals surface area contributed by atoms with Crippen LogP contribution in [0.2, 0.25) is 0 Å². The first-order valence-electron chi connectivity index (χ1n) is 8.33. The second kappa shape index (κ2) is 7.76. The van der Waals surface area contributed by atoms with Gasteiger partial charge in [-0.3, -0.25) is 4.98 Å². The van der Waals surface area contributed by atoms with Gasteiger partial charge in [-0.2, -0.15) is 4.98 Å². The smallest absolute Gasteiger partial charge is 0.408 e. The molecule has 4 N–H and O–H groups in total. The Bertz CT molecular complexity index is 1110. The van der Waals surface area contributed by atoms with Gasteiger partial charge < -0.3 is 15.1 Å². The van der Waals surface area contributed by atoms with Crippen molar-refractivity contribution < 1.29 is 12.8 Å². The van der Waals surface area contributed by atoms with Crippen LogP contribution in [0.1, 0.15) is 12.6 Å². The fourth-order valence-corrected chi connectivity index (χ4v) is 3.52. The Hall–Kier alpha value is -2.92. The number of rotatable bonds is 8. The molecule has 0 fully saturated rings. The van der Waals surface area contributed by atoms with Crippen molar-refractivity contribution in [2.75, 3.05) is 30.3 Å². The first-order valence-corrected chi connectivity index (χ1v) is 9.81. The van der Waals surface area contributed by atoms with Crippen LogP contribution in [0.4, 0.5) is 11.8 Å². The van der Waals surface area contributed by atoms with Crippen LogP contribution in [0.15, 0.2) is 38.4 Å². The van der Waals surface area contributed by atoms with Crippen LogP contribution in [-0.2, 0) is 10.0 Å². The Kier molecular flexibility index (Phi) is 5.42. The van der Waals surface area contributed by atoms with E-state index in [1.54, 1.807) is 0 Å². The normalized spacial score (nSPS) is 11.6. The number of aromatic amines is 1. The van der Waals surface area contributed by atoms with Crippen LogP contribution in [0.25, 0.3) is 11.1 Å². The zero-order valence-corrected chi connectivity index (χ0v) is 15.7. The maximum absolute atomic E-state index is 12.4. The van der Waals surface area contributed by atoms with Gasteiger partial charge in [-0.1, -0.05) is 0 Å². The van der Waals surface area contributed by atoms with E-state index in [1.165, 1.54) is 18.2 Å². The summed E-state index contributed by atoms with van der Waals surface area (Å²) in [4.78, 5) is 22.2. The fourth-order valence-electron chi connectivity index (χ4n) is 2.46. The lowest BCUT2D eigenvalue weighted by atomic mass is 10.3. The highest BCUT2D eigenvalue weighted by Gasteiger charge is 2.15. The van der Waals surface area contributed by atoms with E-state index in [-0.39, 0.29) is 11.4 Å². The molecule has 0 unspecified atom stereocenters. The molecule has 144 valence electrons. The molecule has 0 saturated carbocycles. The number of aromatic nitrogens is 3. The number of nitrogens with one attached hydrogen (secondary N) is 4. The van der Waals surface area contributed by atoms with Gasteiger partial charge in [0.15, 0.2) is 5.58 Å². The number of oxazole rings is 1. The zero-order valence-electron chi connectivity index (χ0n) is 14.9. The van der Waals surface area contributed by atoms with Gasteiger partial charge in [0.05, 0.1) is 10.4 Å². The monoisotopic (exact) mass is 392 g/mol. The van der Waals surface area contributed by atoms with E-state index >= 15 is 0 Å². The molecule has 0 saturated heterocycles. The van der Waals surface area contributed by atoms with Crippen molar-refractivity contribution in [3.63, 3.8) is 0 Å². The second-order valence-electron chi connectivity index (χ2n) is 5.75. The summed E-state index contributed by atoms with van der Waals surface area (Å²) >= 11 is 0. The summed E-state index contributed by atoms with van der Waals surface area (Å²) in [5.41, 5.74) is 1.42. The van der Waals surface area contributed by atoms with Gasteiger partial charge in [0.2, 0.25) is 16.0 Å². The SMILES string of the molecule is CCNc1cc(C)nc(NCCNS(=O)(=O)c2ccc3oc(=O)[nH]c3c2)n1. The molecule has 0 atom stereocenters. The van der Waals surface area contributed by atoms with Crippen LogP contribution in [0.5, 0.6) is 0 Å². The zero-order chi connectivity index (χ0) is 19.4. The third kappa shape index (κ3) is 4.63. The molecule has 11 heteroatoms. The maximum Gasteiger partial charge on any atom is 0.417 e. The summed E-state index contributed by atoms with van der Waals surface area (Å²) in [6.45, 7) is 5.00. The average Bonchev–Trinajstić information content (AvgIpc) is 2.98. The molecule has 0 aliphatic carbocycles. The van der Waals surface area contributed by atoms with Gasteiger partial charge in [0.25, 0.3) is 0 Å². The van der Waals surface area contributed by atoms with Gasteiger partial charge in [0, 0.05) is 31.4 Å². The molecule has 27 heavy (non-hydrogen) atoms. The minimum Gasteiger partial charge on any atom is -0.408 e. The van der Waals surface area contributed by atoms with E-state index in [0.29, 0.717) is 29.4 Å². The quantitative estimate of drug-likeness (QED) is 0.417. The highest BCUT2D eigenvalue weighted by Crippen LogP contribution is 2.16. The fraction of sp³-hybridized carbons (Fsp3) is 0.312. The molecule has 1 aromatic carbocycles. The number of fused-ring (bicyclic) bond motifs is 1. The number of H-pyrrole nitrogens is 1. The first-order chi connectivity index (χ1) is 12.9. The average molecular weight is 392 g/mol. The van der Waals surface area contributed by atoms with Gasteiger partial charge in [-0.05, 0) is 32.0 Å². The molecule has 0 radical (unpaired) electrons. The minimum atomic E-state index is -3.73. The predicted octanol–water partition coefficient (Wildman–Crippen LogP) is 1.04. The molecule has 10 nitrogen and oxygen atoms in total. The summed E-state index contributed by atoms with van der Waals surface area (Å²) in [5, 5.41) is 6.10. The van der Waals surface area contributed by atoms with E-state index in [4.69, 9.17) is 4.42 Å². The van der Waals surface area contributed by atoms with Crippen molar-refractivity contribution in [2.24, 2.45) is 0 Å². The third-order valence-electron chi connectivity index (χ3n) is 3.61. The minimum absolute atomic E-state index is 0.0355. The van der Waals surface area contributed by atoms with Crippen molar-refractivity contribution in [3.05, 3.63) is 40.5 Å². The van der Waals surface area contributed by atoms with Gasteiger partial charge in [-0.25, -0.2) is 22.9 Å². The number of benzene rings is 1. The molecule has 0 bridgehead atoms. The van der Waals surface area contributed by atoms with Crippen LogP contribution in [-0.4, -0.2) is 43.0 Å². The number of aryl methyl sites for hydroxylation is 1. The number of anilines is 2. The van der Waals surface area contributed by atoms with Gasteiger partial charge >= 0.3 is 5.76 Å². The molecular formula is C16H20N6O4S. The van der Waals surface area contributed by atoms with E-state index in [0.717, 1.165) is 12.2 Å². The Morgan fingerprint density at radius 3 is 2.74 bits per heavy atom. The standard InChI is InChI=1S/C16H20N6O4S/c1-3-17-14-8-10(2)20-15(22-14)18-6-7-19-27(24,25)11-4-5-13-12(9-11)21-16(23)26-13/h4-5,8-9,19H,3,6-7H2,1-2H3,(H,21,23)(H2,17,18,20,22). The van der Waals surface area contributed by atoms with Crippen molar-refractivity contribution in [1.29, 1.82) is 0 Å². The lowest BCUT2D eigenvalue weighted by molar-refractivity contribution is 0.555. The van der Waals surface area contributed by atoms with Crippen LogP contribution >= 0.6 is 0 Å².